The van der Waals surface area contributed by atoms with Gasteiger partial charge in [-0.3, -0.25) is 4.79 Å². The Morgan fingerprint density at radius 1 is 1.09 bits per heavy atom. The molecule has 3 N–H and O–H groups in total. The summed E-state index contributed by atoms with van der Waals surface area (Å²) in [5.74, 6) is 1.11. The maximum absolute atomic E-state index is 12.6. The third kappa shape index (κ3) is 9.70. The maximum Gasteiger partial charge on any atom is 0.237 e. The van der Waals surface area contributed by atoms with Crippen LogP contribution in [0.15, 0.2) is 66.2 Å². The lowest BCUT2D eigenvalue weighted by Gasteiger charge is -2.35. The van der Waals surface area contributed by atoms with Crippen molar-refractivity contribution in [1.82, 2.24) is 5.32 Å². The molecule has 0 unspecified atom stereocenters. The van der Waals surface area contributed by atoms with E-state index in [4.69, 9.17) is 10.5 Å². The van der Waals surface area contributed by atoms with Gasteiger partial charge < -0.3 is 20.7 Å². The minimum atomic E-state index is -0.489. The van der Waals surface area contributed by atoms with E-state index in [0.29, 0.717) is 25.5 Å². The van der Waals surface area contributed by atoms with E-state index >= 15 is 0 Å². The van der Waals surface area contributed by atoms with Crippen molar-refractivity contribution in [3.63, 3.8) is 0 Å². The van der Waals surface area contributed by atoms with Gasteiger partial charge in [-0.25, -0.2) is 0 Å². The van der Waals surface area contributed by atoms with E-state index in [1.54, 1.807) is 0 Å². The number of hydrogen-bond donors (Lipinski definition) is 2. The first-order chi connectivity index (χ1) is 15.6. The molecule has 0 aliphatic carbocycles. The molecular formula is C28H41N3O2. The highest BCUT2D eigenvalue weighted by atomic mass is 16.5. The molecule has 2 aromatic carbocycles. The van der Waals surface area contributed by atoms with Crippen LogP contribution in [-0.2, 0) is 11.4 Å². The van der Waals surface area contributed by atoms with Crippen LogP contribution >= 0.6 is 0 Å². The van der Waals surface area contributed by atoms with Crippen LogP contribution in [0.1, 0.15) is 53.5 Å². The molecule has 0 spiro atoms. The number of anilines is 1. The van der Waals surface area contributed by atoms with Gasteiger partial charge in [0.2, 0.25) is 5.91 Å². The minimum Gasteiger partial charge on any atom is -0.489 e. The monoisotopic (exact) mass is 451 g/mol. The standard InChI is InChI=1S/C28H41N3O2/c1-21(2)16-17-31(20-28(5,6)30-27(32)26(29)18-22(3)4)24-12-14-25(15-13-24)33-19-23-10-8-7-9-11-23/h7-16,22,26H,17-20,29H2,1-6H3,(H,30,32)/t26-/m0/s1. The van der Waals surface area contributed by atoms with Crippen molar-refractivity contribution in [1.29, 1.82) is 0 Å². The fourth-order valence-corrected chi connectivity index (χ4v) is 3.61. The van der Waals surface area contributed by atoms with E-state index in [-0.39, 0.29) is 5.91 Å². The first kappa shape index (κ1) is 26.5. The molecule has 5 heteroatoms. The van der Waals surface area contributed by atoms with Gasteiger partial charge in [0.15, 0.2) is 0 Å². The molecule has 2 aromatic rings. The van der Waals surface area contributed by atoms with Gasteiger partial charge in [0.1, 0.15) is 12.4 Å². The fourth-order valence-electron chi connectivity index (χ4n) is 3.61. The number of benzene rings is 2. The molecular weight excluding hydrogens is 410 g/mol. The lowest BCUT2D eigenvalue weighted by atomic mass is 10.00. The van der Waals surface area contributed by atoms with Crippen LogP contribution in [0.4, 0.5) is 5.69 Å². The normalized spacial score (nSPS) is 12.2. The minimum absolute atomic E-state index is 0.0967. The topological polar surface area (TPSA) is 67.6 Å². The Morgan fingerprint density at radius 2 is 1.73 bits per heavy atom. The van der Waals surface area contributed by atoms with Crippen LogP contribution in [0.3, 0.4) is 0 Å². The number of nitrogens with one attached hydrogen (secondary N) is 1. The highest BCUT2D eigenvalue weighted by molar-refractivity contribution is 5.82. The van der Waals surface area contributed by atoms with Crippen molar-refractivity contribution in [3.05, 3.63) is 71.8 Å². The molecule has 0 fully saturated rings. The van der Waals surface area contributed by atoms with Crippen molar-refractivity contribution >= 4 is 11.6 Å². The van der Waals surface area contributed by atoms with E-state index in [1.807, 2.05) is 44.2 Å². The molecule has 0 aliphatic rings. The fraction of sp³-hybridized carbons (Fsp3) is 0.464. The zero-order valence-electron chi connectivity index (χ0n) is 21.1. The molecule has 180 valence electrons. The molecule has 0 heterocycles. The second-order valence-electron chi connectivity index (χ2n) is 10.0. The predicted octanol–water partition coefficient (Wildman–Crippen LogP) is 5.31. The summed E-state index contributed by atoms with van der Waals surface area (Å²) in [5.41, 5.74) is 9.13. The van der Waals surface area contributed by atoms with E-state index in [9.17, 15) is 4.79 Å². The summed E-state index contributed by atoms with van der Waals surface area (Å²) in [6, 6.07) is 17.8. The zero-order valence-corrected chi connectivity index (χ0v) is 21.1. The van der Waals surface area contributed by atoms with Crippen molar-refractivity contribution in [2.75, 3.05) is 18.0 Å². The summed E-state index contributed by atoms with van der Waals surface area (Å²) in [7, 11) is 0. The number of nitrogens with two attached hydrogens (primary N) is 1. The summed E-state index contributed by atoms with van der Waals surface area (Å²) < 4.78 is 5.94. The number of hydrogen-bond acceptors (Lipinski definition) is 4. The van der Waals surface area contributed by atoms with Crippen LogP contribution in [0, 0.1) is 5.92 Å². The maximum atomic E-state index is 12.6. The summed E-state index contributed by atoms with van der Waals surface area (Å²) in [4.78, 5) is 14.9. The molecule has 33 heavy (non-hydrogen) atoms. The first-order valence-electron chi connectivity index (χ1n) is 11.8. The van der Waals surface area contributed by atoms with E-state index in [2.05, 4.69) is 68.3 Å². The third-order valence-electron chi connectivity index (χ3n) is 5.28. The Hall–Kier alpha value is -2.79. The highest BCUT2D eigenvalue weighted by Gasteiger charge is 2.26. The van der Waals surface area contributed by atoms with E-state index < -0.39 is 11.6 Å². The largest absolute Gasteiger partial charge is 0.489 e. The van der Waals surface area contributed by atoms with Crippen LogP contribution in [0.5, 0.6) is 5.75 Å². The molecule has 1 atom stereocenters. The Balaban J connectivity index is 2.08. The second kappa shape index (κ2) is 12.4. The summed E-state index contributed by atoms with van der Waals surface area (Å²) in [6.45, 7) is 14.4. The molecule has 0 aromatic heterocycles. The van der Waals surface area contributed by atoms with Crippen molar-refractivity contribution < 1.29 is 9.53 Å². The van der Waals surface area contributed by atoms with Crippen molar-refractivity contribution in [3.8, 4) is 5.75 Å². The Morgan fingerprint density at radius 3 is 2.30 bits per heavy atom. The van der Waals surface area contributed by atoms with E-state index in [0.717, 1.165) is 23.5 Å². The van der Waals surface area contributed by atoms with Gasteiger partial charge in [0, 0.05) is 18.8 Å². The van der Waals surface area contributed by atoms with Crippen LogP contribution < -0.4 is 20.7 Å². The van der Waals surface area contributed by atoms with Gasteiger partial charge in [0.25, 0.3) is 0 Å². The SMILES string of the molecule is CC(C)=CCN(CC(C)(C)NC(=O)[C@@H](N)CC(C)C)c1ccc(OCc2ccccc2)cc1. The predicted molar refractivity (Wildman–Crippen MR) is 139 cm³/mol. The van der Waals surface area contributed by atoms with Crippen LogP contribution in [-0.4, -0.2) is 30.6 Å². The smallest absolute Gasteiger partial charge is 0.237 e. The van der Waals surface area contributed by atoms with Gasteiger partial charge in [-0.05, 0) is 69.9 Å². The number of amides is 1. The first-order valence-corrected chi connectivity index (χ1v) is 11.8. The summed E-state index contributed by atoms with van der Waals surface area (Å²) in [6.07, 6.45) is 2.87. The van der Waals surface area contributed by atoms with Gasteiger partial charge in [-0.15, -0.1) is 0 Å². The molecule has 0 radical (unpaired) electrons. The number of carbonyl (C=O) groups is 1. The number of allylic oxidation sites excluding steroid dienone is 1. The van der Waals surface area contributed by atoms with E-state index in [1.165, 1.54) is 5.57 Å². The Bertz CT molecular complexity index is 885. The third-order valence-corrected chi connectivity index (χ3v) is 5.28. The highest BCUT2D eigenvalue weighted by Crippen LogP contribution is 2.22. The number of ether oxygens (including phenoxy) is 1. The van der Waals surface area contributed by atoms with Crippen LogP contribution in [0.2, 0.25) is 0 Å². The number of rotatable bonds is 12. The number of carbonyl (C=O) groups excluding carboxylic acids is 1. The molecule has 1 amide bonds. The van der Waals surface area contributed by atoms with Gasteiger partial charge in [-0.2, -0.15) is 0 Å². The van der Waals surface area contributed by atoms with Crippen LogP contribution in [0.25, 0.3) is 0 Å². The molecule has 0 bridgehead atoms. The molecule has 0 saturated carbocycles. The molecule has 2 rings (SSSR count). The lowest BCUT2D eigenvalue weighted by Crippen LogP contribution is -2.55. The molecule has 5 nitrogen and oxygen atoms in total. The lowest BCUT2D eigenvalue weighted by molar-refractivity contribution is -0.124. The van der Waals surface area contributed by atoms with Crippen molar-refractivity contribution in [2.24, 2.45) is 11.7 Å². The average molecular weight is 452 g/mol. The molecule has 0 aliphatic heterocycles. The molecule has 0 saturated heterocycles. The quantitative estimate of drug-likeness (QED) is 0.429. The van der Waals surface area contributed by atoms with Gasteiger partial charge in [-0.1, -0.05) is 55.8 Å². The zero-order chi connectivity index (χ0) is 24.4. The average Bonchev–Trinajstić information content (AvgIpc) is 2.75. The summed E-state index contributed by atoms with van der Waals surface area (Å²) >= 11 is 0. The van der Waals surface area contributed by atoms with Gasteiger partial charge >= 0.3 is 0 Å². The Labute approximate surface area is 200 Å². The second-order valence-corrected chi connectivity index (χ2v) is 10.0. The van der Waals surface area contributed by atoms with Gasteiger partial charge in [0.05, 0.1) is 11.6 Å². The Kier molecular flexibility index (Phi) is 9.98. The number of nitrogens with zero attached hydrogens (tertiary/aromatic N) is 1. The van der Waals surface area contributed by atoms with Crippen molar-refractivity contribution in [2.45, 2.75) is 66.2 Å². The summed E-state index contributed by atoms with van der Waals surface area (Å²) in [5, 5.41) is 3.15.